The van der Waals surface area contributed by atoms with Gasteiger partial charge in [0.15, 0.2) is 0 Å². The van der Waals surface area contributed by atoms with Crippen molar-refractivity contribution in [1.29, 1.82) is 0 Å². The van der Waals surface area contributed by atoms with Gasteiger partial charge in [-0.2, -0.15) is 4.31 Å². The van der Waals surface area contributed by atoms with Crippen molar-refractivity contribution in [3.05, 3.63) is 53.6 Å². The molecule has 5 rings (SSSR count). The van der Waals surface area contributed by atoms with E-state index in [1.54, 1.807) is 18.2 Å². The minimum Gasteiger partial charge on any atom is -0.326 e. The Morgan fingerprint density at radius 2 is 1.62 bits per heavy atom. The molecule has 0 radical (unpaired) electrons. The fourth-order valence-electron chi connectivity index (χ4n) is 5.02. The van der Waals surface area contributed by atoms with Crippen molar-refractivity contribution in [3.8, 4) is 0 Å². The van der Waals surface area contributed by atoms with Gasteiger partial charge in [-0.05, 0) is 81.8 Å². The van der Waals surface area contributed by atoms with Crippen LogP contribution in [0.5, 0.6) is 0 Å². The Labute approximate surface area is 201 Å². The third-order valence-electron chi connectivity index (χ3n) is 7.21. The second-order valence-electron chi connectivity index (χ2n) is 9.86. The number of nitrogens with zero attached hydrogens (tertiary/aromatic N) is 2. The monoisotopic (exact) mass is 481 g/mol. The van der Waals surface area contributed by atoms with Gasteiger partial charge in [0.25, 0.3) is 0 Å². The minimum absolute atomic E-state index is 0.0452. The first-order chi connectivity index (χ1) is 16.2. The molecule has 3 aliphatic rings. The average molecular weight is 482 g/mol. The molecule has 34 heavy (non-hydrogen) atoms. The normalized spacial score (nSPS) is 21.4. The van der Waals surface area contributed by atoms with Crippen molar-refractivity contribution in [2.45, 2.75) is 56.9 Å². The Morgan fingerprint density at radius 3 is 2.26 bits per heavy atom. The number of sulfonamides is 1. The molecular weight excluding hydrogens is 450 g/mol. The largest absolute Gasteiger partial charge is 0.326 e. The fraction of sp³-hybridized carbons (Fsp3) is 0.462. The maximum absolute atomic E-state index is 13.3. The summed E-state index contributed by atoms with van der Waals surface area (Å²) < 4.78 is 28.2. The summed E-state index contributed by atoms with van der Waals surface area (Å²) in [6, 6.07) is 12.8. The summed E-state index contributed by atoms with van der Waals surface area (Å²) >= 11 is 0. The molecule has 1 saturated heterocycles. The number of hydrogen-bond donors (Lipinski definition) is 1. The van der Waals surface area contributed by atoms with Crippen molar-refractivity contribution < 1.29 is 18.0 Å². The molecule has 2 aliphatic heterocycles. The summed E-state index contributed by atoms with van der Waals surface area (Å²) in [5.41, 5.74) is 3.64. The number of piperidine rings is 1. The summed E-state index contributed by atoms with van der Waals surface area (Å²) in [7, 11) is -3.66. The van der Waals surface area contributed by atoms with Crippen LogP contribution in [0.4, 0.5) is 11.4 Å². The molecule has 2 heterocycles. The number of nitrogens with one attached hydrogen (secondary N) is 1. The predicted octanol–water partition coefficient (Wildman–Crippen LogP) is 3.72. The number of hydrogen-bond acceptors (Lipinski definition) is 4. The quantitative estimate of drug-likeness (QED) is 0.705. The number of rotatable bonds is 5. The number of carbonyl (C=O) groups is 2. The topological polar surface area (TPSA) is 86.8 Å². The molecule has 0 bridgehead atoms. The van der Waals surface area contributed by atoms with E-state index in [4.69, 9.17) is 0 Å². The van der Waals surface area contributed by atoms with Crippen LogP contribution in [0, 0.1) is 18.8 Å². The number of aryl methyl sites for hydroxylation is 1. The van der Waals surface area contributed by atoms with Crippen LogP contribution in [-0.4, -0.2) is 43.7 Å². The summed E-state index contributed by atoms with van der Waals surface area (Å²) in [6.07, 6.45) is 3.54. The summed E-state index contributed by atoms with van der Waals surface area (Å²) in [4.78, 5) is 27.5. The zero-order chi connectivity index (χ0) is 24.0. The summed E-state index contributed by atoms with van der Waals surface area (Å²) in [5, 5.41) is 2.94. The highest BCUT2D eigenvalue weighted by atomic mass is 32.2. The van der Waals surface area contributed by atoms with Crippen molar-refractivity contribution in [2.24, 2.45) is 11.8 Å². The van der Waals surface area contributed by atoms with Crippen LogP contribution in [0.1, 0.15) is 43.7 Å². The van der Waals surface area contributed by atoms with Crippen LogP contribution in [0.2, 0.25) is 0 Å². The van der Waals surface area contributed by atoms with Crippen LogP contribution in [0.15, 0.2) is 47.4 Å². The van der Waals surface area contributed by atoms with Gasteiger partial charge in [0, 0.05) is 42.3 Å². The lowest BCUT2D eigenvalue weighted by Gasteiger charge is -2.30. The van der Waals surface area contributed by atoms with E-state index in [0.717, 1.165) is 35.3 Å². The molecule has 8 heteroatoms. The van der Waals surface area contributed by atoms with Gasteiger partial charge in [-0.3, -0.25) is 9.59 Å². The lowest BCUT2D eigenvalue weighted by Crippen LogP contribution is -2.41. The van der Waals surface area contributed by atoms with Crippen molar-refractivity contribution in [3.63, 3.8) is 0 Å². The average Bonchev–Trinajstić information content (AvgIpc) is 3.62. The molecule has 1 aliphatic carbocycles. The summed E-state index contributed by atoms with van der Waals surface area (Å²) in [5.74, 6) is 0.0117. The van der Waals surface area contributed by atoms with E-state index in [1.807, 2.05) is 43.0 Å². The van der Waals surface area contributed by atoms with Crippen LogP contribution in [0.3, 0.4) is 0 Å². The van der Waals surface area contributed by atoms with E-state index in [-0.39, 0.29) is 34.6 Å². The first-order valence-electron chi connectivity index (χ1n) is 12.1. The Morgan fingerprint density at radius 1 is 0.941 bits per heavy atom. The number of benzene rings is 2. The highest BCUT2D eigenvalue weighted by Gasteiger charge is 2.40. The third-order valence-corrected chi connectivity index (χ3v) is 9.11. The van der Waals surface area contributed by atoms with Gasteiger partial charge in [0.2, 0.25) is 21.8 Å². The highest BCUT2D eigenvalue weighted by Crippen LogP contribution is 2.40. The molecule has 2 aromatic carbocycles. The van der Waals surface area contributed by atoms with E-state index in [0.29, 0.717) is 32.4 Å². The van der Waals surface area contributed by atoms with E-state index in [9.17, 15) is 18.0 Å². The number of amides is 2. The highest BCUT2D eigenvalue weighted by molar-refractivity contribution is 7.89. The molecule has 180 valence electrons. The van der Waals surface area contributed by atoms with Gasteiger partial charge in [0.05, 0.1) is 4.90 Å². The van der Waals surface area contributed by atoms with Crippen molar-refractivity contribution in [2.75, 3.05) is 23.3 Å². The first kappa shape index (κ1) is 23.1. The lowest BCUT2D eigenvalue weighted by molar-refractivity contribution is -0.121. The zero-order valence-corrected chi connectivity index (χ0v) is 20.5. The number of fused-ring (bicyclic) bond motifs is 1. The van der Waals surface area contributed by atoms with Crippen molar-refractivity contribution in [1.82, 2.24) is 4.31 Å². The van der Waals surface area contributed by atoms with Gasteiger partial charge < -0.3 is 10.2 Å². The Balaban J connectivity index is 1.24. The van der Waals surface area contributed by atoms with Gasteiger partial charge in [-0.15, -0.1) is 0 Å². The van der Waals surface area contributed by atoms with Gasteiger partial charge in [-0.25, -0.2) is 8.42 Å². The molecule has 7 nitrogen and oxygen atoms in total. The molecule has 0 spiro atoms. The molecular formula is C26H31N3O4S. The van der Waals surface area contributed by atoms with Crippen LogP contribution >= 0.6 is 0 Å². The molecule has 1 atom stereocenters. The van der Waals surface area contributed by atoms with Gasteiger partial charge in [0.1, 0.15) is 0 Å². The van der Waals surface area contributed by atoms with Crippen LogP contribution < -0.4 is 10.2 Å². The molecule has 1 saturated carbocycles. The second kappa shape index (κ2) is 8.82. The molecule has 2 fully saturated rings. The zero-order valence-electron chi connectivity index (χ0n) is 19.7. The Kier molecular flexibility index (Phi) is 5.98. The van der Waals surface area contributed by atoms with Gasteiger partial charge >= 0.3 is 0 Å². The number of anilines is 2. The predicted molar refractivity (Wildman–Crippen MR) is 131 cm³/mol. The second-order valence-corrected chi connectivity index (χ2v) is 11.8. The maximum Gasteiger partial charge on any atom is 0.243 e. The standard InChI is InChI=1S/C26H31N3O4S/c1-17-3-7-22(8-4-17)27-25(30)19-11-13-28(14-12-19)34(32,33)23-9-10-24-21(16-23)15-18(2)29(24)26(31)20-5-6-20/h3-4,7-10,16,18-20H,5-6,11-15H2,1-2H3,(H,27,30). The molecule has 0 aromatic heterocycles. The van der Waals surface area contributed by atoms with Crippen LogP contribution in [-0.2, 0) is 26.0 Å². The number of carbonyl (C=O) groups excluding carboxylic acids is 2. The smallest absolute Gasteiger partial charge is 0.243 e. The van der Waals surface area contributed by atoms with E-state index < -0.39 is 10.0 Å². The molecule has 1 unspecified atom stereocenters. The fourth-order valence-corrected chi connectivity index (χ4v) is 6.54. The molecule has 1 N–H and O–H groups in total. The summed E-state index contributed by atoms with van der Waals surface area (Å²) in [6.45, 7) is 4.64. The molecule has 2 amide bonds. The Bertz CT molecular complexity index is 1210. The van der Waals surface area contributed by atoms with E-state index >= 15 is 0 Å². The first-order valence-corrected chi connectivity index (χ1v) is 13.5. The van der Waals surface area contributed by atoms with Crippen molar-refractivity contribution >= 4 is 33.2 Å². The van der Waals surface area contributed by atoms with E-state index in [1.165, 1.54) is 4.31 Å². The van der Waals surface area contributed by atoms with Gasteiger partial charge in [-0.1, -0.05) is 17.7 Å². The SMILES string of the molecule is Cc1ccc(NC(=O)C2CCN(S(=O)(=O)c3ccc4c(c3)CC(C)N4C(=O)C3CC3)CC2)cc1. The maximum atomic E-state index is 13.3. The Hall–Kier alpha value is -2.71. The minimum atomic E-state index is -3.66. The van der Waals surface area contributed by atoms with E-state index in [2.05, 4.69) is 5.32 Å². The lowest BCUT2D eigenvalue weighted by atomic mass is 9.97. The molecule has 2 aromatic rings. The third kappa shape index (κ3) is 4.36. The van der Waals surface area contributed by atoms with Crippen LogP contribution in [0.25, 0.3) is 0 Å².